The highest BCUT2D eigenvalue weighted by Gasteiger charge is 2.27. The lowest BCUT2D eigenvalue weighted by Crippen LogP contribution is -2.36. The molecule has 0 aliphatic heterocycles. The summed E-state index contributed by atoms with van der Waals surface area (Å²) in [5.74, 6) is 0.558. The van der Waals surface area contributed by atoms with Crippen LogP contribution in [0.25, 0.3) is 0 Å². The summed E-state index contributed by atoms with van der Waals surface area (Å²) in [6.07, 6.45) is 0.888. The lowest BCUT2D eigenvalue weighted by atomic mass is 9.82. The third kappa shape index (κ3) is 6.68. The van der Waals surface area contributed by atoms with Gasteiger partial charge in [-0.25, -0.2) is 4.98 Å². The van der Waals surface area contributed by atoms with E-state index in [1.54, 1.807) is 42.3 Å². The van der Waals surface area contributed by atoms with Gasteiger partial charge in [-0.1, -0.05) is 51.1 Å². The Morgan fingerprint density at radius 3 is 2.24 bits per heavy atom. The van der Waals surface area contributed by atoms with Crippen molar-refractivity contribution in [1.29, 1.82) is 0 Å². The summed E-state index contributed by atoms with van der Waals surface area (Å²) < 4.78 is 0. The molecule has 0 fully saturated rings. The van der Waals surface area contributed by atoms with Crippen molar-refractivity contribution in [1.82, 2.24) is 9.97 Å². The van der Waals surface area contributed by atoms with Crippen molar-refractivity contribution in [3.8, 4) is 5.75 Å². The van der Waals surface area contributed by atoms with E-state index >= 15 is 0 Å². The van der Waals surface area contributed by atoms with Crippen molar-refractivity contribution in [2.75, 3.05) is 22.6 Å². The number of hydrogen-bond donors (Lipinski definition) is 3. The van der Waals surface area contributed by atoms with Crippen LogP contribution in [0.4, 0.5) is 23.1 Å². The van der Waals surface area contributed by atoms with Gasteiger partial charge in [0.1, 0.15) is 17.3 Å². The van der Waals surface area contributed by atoms with Crippen LogP contribution in [0.5, 0.6) is 5.75 Å². The molecule has 3 rings (SSSR count). The molecule has 1 aromatic heterocycles. The van der Waals surface area contributed by atoms with Crippen LogP contribution in [0.15, 0.2) is 60.7 Å². The molecule has 0 bridgehead atoms. The second-order valence-electron chi connectivity index (χ2n) is 10.1. The Hall–Kier alpha value is -3.61. The molecule has 33 heavy (non-hydrogen) atoms. The SMILES string of the molecule is CN(C(=O)c1cc(NC(C)(C)CC(C)(C)C)nc(Nc2ccccc2O)n1)c1ccccc1. The molecule has 0 saturated carbocycles. The molecule has 1 heterocycles. The fraction of sp³-hybridized carbons (Fsp3) is 0.346. The third-order valence-electron chi connectivity index (χ3n) is 4.98. The summed E-state index contributed by atoms with van der Waals surface area (Å²) in [4.78, 5) is 23.9. The summed E-state index contributed by atoms with van der Waals surface area (Å²) in [6.45, 7) is 10.8. The number of carbonyl (C=O) groups excluding carboxylic acids is 1. The first kappa shape index (κ1) is 24.0. The van der Waals surface area contributed by atoms with Crippen molar-refractivity contribution in [3.63, 3.8) is 0 Å². The number of hydrogen-bond acceptors (Lipinski definition) is 6. The zero-order valence-electron chi connectivity index (χ0n) is 20.2. The van der Waals surface area contributed by atoms with Crippen molar-refractivity contribution >= 4 is 29.0 Å². The topological polar surface area (TPSA) is 90.4 Å². The van der Waals surface area contributed by atoms with Crippen molar-refractivity contribution < 1.29 is 9.90 Å². The monoisotopic (exact) mass is 447 g/mol. The molecule has 0 unspecified atom stereocenters. The number of aromatic hydroxyl groups is 1. The highest BCUT2D eigenvalue weighted by atomic mass is 16.3. The lowest BCUT2D eigenvalue weighted by molar-refractivity contribution is 0.0988. The minimum atomic E-state index is -0.273. The molecular weight excluding hydrogens is 414 g/mol. The molecule has 0 aliphatic carbocycles. The molecular formula is C26H33N5O2. The van der Waals surface area contributed by atoms with Gasteiger partial charge in [-0.15, -0.1) is 0 Å². The van der Waals surface area contributed by atoms with Gasteiger partial charge in [0.25, 0.3) is 5.91 Å². The maximum absolute atomic E-state index is 13.3. The van der Waals surface area contributed by atoms with Gasteiger partial charge in [0, 0.05) is 24.3 Å². The largest absolute Gasteiger partial charge is 0.506 e. The number of aromatic nitrogens is 2. The molecule has 3 N–H and O–H groups in total. The third-order valence-corrected chi connectivity index (χ3v) is 4.98. The van der Waals surface area contributed by atoms with Crippen LogP contribution in [-0.4, -0.2) is 33.6 Å². The second kappa shape index (κ2) is 9.48. The average molecular weight is 448 g/mol. The van der Waals surface area contributed by atoms with Crippen LogP contribution in [-0.2, 0) is 0 Å². The number of nitrogens with zero attached hydrogens (tertiary/aromatic N) is 3. The van der Waals surface area contributed by atoms with Gasteiger partial charge in [-0.2, -0.15) is 4.98 Å². The Morgan fingerprint density at radius 1 is 0.970 bits per heavy atom. The lowest BCUT2D eigenvalue weighted by Gasteiger charge is -2.34. The van der Waals surface area contributed by atoms with Gasteiger partial charge in [0.2, 0.25) is 5.95 Å². The first-order chi connectivity index (χ1) is 15.4. The summed E-state index contributed by atoms with van der Waals surface area (Å²) in [5, 5.41) is 16.7. The highest BCUT2D eigenvalue weighted by Crippen LogP contribution is 2.30. The van der Waals surface area contributed by atoms with Gasteiger partial charge in [0.15, 0.2) is 0 Å². The summed E-state index contributed by atoms with van der Waals surface area (Å²) >= 11 is 0. The Balaban J connectivity index is 1.98. The number of rotatable bonds is 7. The van der Waals surface area contributed by atoms with Gasteiger partial charge in [-0.05, 0) is 49.9 Å². The summed E-state index contributed by atoms with van der Waals surface area (Å²) in [7, 11) is 1.71. The maximum atomic E-state index is 13.3. The highest BCUT2D eigenvalue weighted by molar-refractivity contribution is 6.05. The van der Waals surface area contributed by atoms with E-state index in [1.807, 2.05) is 30.3 Å². The van der Waals surface area contributed by atoms with Crippen LogP contribution in [0.2, 0.25) is 0 Å². The predicted octanol–water partition coefficient (Wildman–Crippen LogP) is 5.83. The van der Waals surface area contributed by atoms with E-state index in [0.29, 0.717) is 11.5 Å². The van der Waals surface area contributed by atoms with E-state index in [9.17, 15) is 9.90 Å². The predicted molar refractivity (Wildman–Crippen MR) is 134 cm³/mol. The molecule has 0 radical (unpaired) electrons. The van der Waals surface area contributed by atoms with E-state index < -0.39 is 0 Å². The fourth-order valence-corrected chi connectivity index (χ4v) is 4.03. The van der Waals surface area contributed by atoms with Crippen LogP contribution < -0.4 is 15.5 Å². The number of phenolic OH excluding ortho intramolecular Hbond substituents is 1. The van der Waals surface area contributed by atoms with Crippen molar-refractivity contribution in [3.05, 3.63) is 66.4 Å². The van der Waals surface area contributed by atoms with Crippen LogP contribution in [0.3, 0.4) is 0 Å². The quantitative estimate of drug-likeness (QED) is 0.395. The number of para-hydroxylation sites is 3. The minimum absolute atomic E-state index is 0.0711. The van der Waals surface area contributed by atoms with Crippen LogP contribution >= 0.6 is 0 Å². The molecule has 2 aromatic carbocycles. The molecule has 0 saturated heterocycles. The molecule has 0 spiro atoms. The summed E-state index contributed by atoms with van der Waals surface area (Å²) in [6, 6.07) is 17.9. The molecule has 7 heteroatoms. The zero-order valence-corrected chi connectivity index (χ0v) is 20.2. The fourth-order valence-electron chi connectivity index (χ4n) is 4.03. The molecule has 7 nitrogen and oxygen atoms in total. The number of carbonyl (C=O) groups is 1. The average Bonchev–Trinajstić information content (AvgIpc) is 2.72. The minimum Gasteiger partial charge on any atom is -0.506 e. The van der Waals surface area contributed by atoms with Crippen molar-refractivity contribution in [2.45, 2.75) is 46.6 Å². The maximum Gasteiger partial charge on any atom is 0.276 e. The number of nitrogens with one attached hydrogen (secondary N) is 2. The Morgan fingerprint density at radius 2 is 1.61 bits per heavy atom. The van der Waals surface area contributed by atoms with Gasteiger partial charge in [0.05, 0.1) is 5.69 Å². The Kier molecular flexibility index (Phi) is 6.91. The molecule has 3 aromatic rings. The van der Waals surface area contributed by atoms with Gasteiger partial charge >= 0.3 is 0 Å². The molecule has 1 amide bonds. The van der Waals surface area contributed by atoms with Crippen LogP contribution in [0, 0.1) is 5.41 Å². The smallest absolute Gasteiger partial charge is 0.276 e. The van der Waals surface area contributed by atoms with E-state index in [-0.39, 0.29) is 34.3 Å². The molecule has 0 atom stereocenters. The van der Waals surface area contributed by atoms with E-state index in [2.05, 4.69) is 55.2 Å². The Bertz CT molecular complexity index is 1110. The standard InChI is InChI=1S/C26H33N5O2/c1-25(2,3)17-26(4,5)30-22-16-20(23(33)31(6)18-12-8-7-9-13-18)28-24(29-22)27-19-14-10-11-15-21(19)32/h7-16,32H,17H2,1-6H3,(H2,27,28,29,30). The van der Waals surface area contributed by atoms with E-state index in [1.165, 1.54) is 0 Å². The van der Waals surface area contributed by atoms with Crippen LogP contribution in [0.1, 0.15) is 51.5 Å². The van der Waals surface area contributed by atoms with Gasteiger partial charge in [-0.3, -0.25) is 4.79 Å². The summed E-state index contributed by atoms with van der Waals surface area (Å²) in [5.41, 5.74) is 1.29. The Labute approximate surface area is 195 Å². The normalized spacial score (nSPS) is 11.7. The first-order valence-corrected chi connectivity index (χ1v) is 11.0. The van der Waals surface area contributed by atoms with Crippen molar-refractivity contribution in [2.24, 2.45) is 5.41 Å². The second-order valence-corrected chi connectivity index (χ2v) is 10.1. The zero-order chi connectivity index (χ0) is 24.2. The van der Waals surface area contributed by atoms with E-state index in [0.717, 1.165) is 12.1 Å². The van der Waals surface area contributed by atoms with Gasteiger partial charge < -0.3 is 20.6 Å². The number of benzene rings is 2. The molecule has 174 valence electrons. The number of phenols is 1. The van der Waals surface area contributed by atoms with E-state index in [4.69, 9.17) is 0 Å². The number of amides is 1. The number of anilines is 4. The molecule has 0 aliphatic rings. The first-order valence-electron chi connectivity index (χ1n) is 11.0.